The zero-order chi connectivity index (χ0) is 26.6. The maximum absolute atomic E-state index is 12.9. The molecule has 2 amide bonds. The summed E-state index contributed by atoms with van der Waals surface area (Å²) >= 11 is 0. The number of hydrogen-bond donors (Lipinski definition) is 0. The summed E-state index contributed by atoms with van der Waals surface area (Å²) in [7, 11) is 0. The van der Waals surface area contributed by atoms with E-state index in [1.807, 2.05) is 21.9 Å². The Morgan fingerprint density at radius 1 is 0.838 bits per heavy atom. The molecule has 0 aromatic heterocycles. The van der Waals surface area contributed by atoms with Crippen molar-refractivity contribution in [3.63, 3.8) is 0 Å². The third-order valence-corrected chi connectivity index (χ3v) is 6.82. The molecule has 1 heterocycles. The third kappa shape index (κ3) is 8.97. The highest BCUT2D eigenvalue weighted by Crippen LogP contribution is 2.33. The molecule has 3 atom stereocenters. The van der Waals surface area contributed by atoms with Gasteiger partial charge in [0.05, 0.1) is 18.8 Å². The number of amides is 2. The van der Waals surface area contributed by atoms with Gasteiger partial charge in [0.1, 0.15) is 31.7 Å². The second-order valence-electron chi connectivity index (χ2n) is 10.0. The SMILES string of the molecule is CCCN(CCC)C(=O)CO[C@H]1Cc2cccc(OCC3CO3)c2C[C@H]1OCC(=O)N(CCC)CCC. The summed E-state index contributed by atoms with van der Waals surface area (Å²) in [6, 6.07) is 6.05. The summed E-state index contributed by atoms with van der Waals surface area (Å²) in [5.41, 5.74) is 2.22. The molecule has 8 heteroatoms. The second-order valence-corrected chi connectivity index (χ2v) is 10.0. The Labute approximate surface area is 222 Å². The summed E-state index contributed by atoms with van der Waals surface area (Å²) in [6.07, 6.45) is 4.33. The van der Waals surface area contributed by atoms with Crippen molar-refractivity contribution in [1.82, 2.24) is 9.80 Å². The molecule has 1 aromatic carbocycles. The minimum atomic E-state index is -0.345. The van der Waals surface area contributed by atoms with Gasteiger partial charge in [0.15, 0.2) is 0 Å². The average molecular weight is 519 g/mol. The summed E-state index contributed by atoms with van der Waals surface area (Å²) < 4.78 is 23.8. The lowest BCUT2D eigenvalue weighted by molar-refractivity contribution is -0.149. The molecule has 0 N–H and O–H groups in total. The quantitative estimate of drug-likeness (QED) is 0.293. The van der Waals surface area contributed by atoms with Crippen LogP contribution in [0.25, 0.3) is 0 Å². The van der Waals surface area contributed by atoms with Crippen LogP contribution in [0.3, 0.4) is 0 Å². The fourth-order valence-electron chi connectivity index (χ4n) is 4.87. The number of ether oxygens (including phenoxy) is 4. The van der Waals surface area contributed by atoms with Crippen LogP contribution in [0.4, 0.5) is 0 Å². The molecule has 1 fully saturated rings. The van der Waals surface area contributed by atoms with Gasteiger partial charge in [-0.1, -0.05) is 39.8 Å². The Bertz CT molecular complexity index is 847. The molecule has 0 saturated carbocycles. The summed E-state index contributed by atoms with van der Waals surface area (Å²) in [4.78, 5) is 29.6. The number of nitrogens with zero attached hydrogens (tertiary/aromatic N) is 2. The Hall–Kier alpha value is -2.16. The maximum atomic E-state index is 12.9. The summed E-state index contributed by atoms with van der Waals surface area (Å²) in [5.74, 6) is 0.831. The first-order valence-corrected chi connectivity index (χ1v) is 14.1. The predicted molar refractivity (Wildman–Crippen MR) is 143 cm³/mol. The van der Waals surface area contributed by atoms with Gasteiger partial charge in [-0.25, -0.2) is 0 Å². The largest absolute Gasteiger partial charge is 0.490 e. The van der Waals surface area contributed by atoms with Gasteiger partial charge in [0.25, 0.3) is 0 Å². The Morgan fingerprint density at radius 3 is 1.84 bits per heavy atom. The van der Waals surface area contributed by atoms with Crippen LogP contribution in [0.2, 0.25) is 0 Å². The first kappa shape index (κ1) is 29.4. The molecule has 1 saturated heterocycles. The van der Waals surface area contributed by atoms with Crippen LogP contribution in [0.15, 0.2) is 18.2 Å². The van der Waals surface area contributed by atoms with Crippen molar-refractivity contribution >= 4 is 11.8 Å². The Kier molecular flexibility index (Phi) is 12.2. The maximum Gasteiger partial charge on any atom is 0.248 e. The molecule has 0 radical (unpaired) electrons. The fraction of sp³-hybridized carbons (Fsp3) is 0.724. The third-order valence-electron chi connectivity index (χ3n) is 6.82. The van der Waals surface area contributed by atoms with Crippen LogP contribution < -0.4 is 4.74 Å². The lowest BCUT2D eigenvalue weighted by Crippen LogP contribution is -2.44. The van der Waals surface area contributed by atoms with E-state index in [2.05, 4.69) is 33.8 Å². The number of epoxide rings is 1. The van der Waals surface area contributed by atoms with E-state index in [-0.39, 0.29) is 43.3 Å². The number of hydrogen-bond acceptors (Lipinski definition) is 6. The smallest absolute Gasteiger partial charge is 0.248 e. The molecule has 208 valence electrons. The van der Waals surface area contributed by atoms with Crippen LogP contribution >= 0.6 is 0 Å². The zero-order valence-corrected chi connectivity index (χ0v) is 23.2. The highest BCUT2D eigenvalue weighted by molar-refractivity contribution is 5.78. The minimum absolute atomic E-state index is 0.00269. The van der Waals surface area contributed by atoms with Crippen LogP contribution in [0.1, 0.15) is 64.5 Å². The molecular weight excluding hydrogens is 472 g/mol. The number of carbonyl (C=O) groups excluding carboxylic acids is 2. The average Bonchev–Trinajstić information content (AvgIpc) is 3.73. The highest BCUT2D eigenvalue weighted by atomic mass is 16.6. The minimum Gasteiger partial charge on any atom is -0.490 e. The highest BCUT2D eigenvalue weighted by Gasteiger charge is 2.34. The number of rotatable bonds is 17. The van der Waals surface area contributed by atoms with E-state index in [0.717, 1.165) is 75.3 Å². The summed E-state index contributed by atoms with van der Waals surface area (Å²) in [5, 5.41) is 0. The number of carbonyl (C=O) groups is 2. The van der Waals surface area contributed by atoms with Gasteiger partial charge in [0.2, 0.25) is 11.8 Å². The van der Waals surface area contributed by atoms with Gasteiger partial charge in [-0.05, 0) is 37.3 Å². The lowest BCUT2D eigenvalue weighted by Gasteiger charge is -2.34. The van der Waals surface area contributed by atoms with Crippen molar-refractivity contribution in [2.45, 2.75) is 84.5 Å². The number of benzene rings is 1. The van der Waals surface area contributed by atoms with Gasteiger partial charge < -0.3 is 28.7 Å². The van der Waals surface area contributed by atoms with Crippen LogP contribution in [-0.4, -0.2) is 92.5 Å². The Morgan fingerprint density at radius 2 is 1.35 bits per heavy atom. The molecule has 37 heavy (non-hydrogen) atoms. The fourth-order valence-corrected chi connectivity index (χ4v) is 4.87. The van der Waals surface area contributed by atoms with E-state index in [0.29, 0.717) is 19.4 Å². The van der Waals surface area contributed by atoms with Crippen LogP contribution in [0, 0.1) is 0 Å². The van der Waals surface area contributed by atoms with E-state index in [1.165, 1.54) is 0 Å². The van der Waals surface area contributed by atoms with Crippen LogP contribution in [0.5, 0.6) is 5.75 Å². The second kappa shape index (κ2) is 15.3. The number of fused-ring (bicyclic) bond motifs is 1. The molecule has 1 aliphatic heterocycles. The van der Waals surface area contributed by atoms with E-state index in [9.17, 15) is 9.59 Å². The van der Waals surface area contributed by atoms with Gasteiger partial charge >= 0.3 is 0 Å². The van der Waals surface area contributed by atoms with Gasteiger partial charge in [-0.3, -0.25) is 9.59 Å². The topological polar surface area (TPSA) is 80.8 Å². The molecule has 8 nitrogen and oxygen atoms in total. The van der Waals surface area contributed by atoms with E-state index < -0.39 is 0 Å². The Balaban J connectivity index is 1.71. The molecule has 0 spiro atoms. The normalized spacial score (nSPS) is 20.3. The molecule has 0 bridgehead atoms. The molecular formula is C29H46N2O6. The van der Waals surface area contributed by atoms with Crippen molar-refractivity contribution in [1.29, 1.82) is 0 Å². The first-order valence-electron chi connectivity index (χ1n) is 14.1. The first-order chi connectivity index (χ1) is 18.0. The lowest BCUT2D eigenvalue weighted by atomic mass is 9.87. The molecule has 1 unspecified atom stereocenters. The molecule has 2 aliphatic rings. The van der Waals surface area contributed by atoms with Crippen LogP contribution in [-0.2, 0) is 36.6 Å². The van der Waals surface area contributed by atoms with Gasteiger partial charge in [0, 0.05) is 44.6 Å². The van der Waals surface area contributed by atoms with Gasteiger partial charge in [-0.2, -0.15) is 0 Å². The monoisotopic (exact) mass is 518 g/mol. The van der Waals surface area contributed by atoms with Crippen molar-refractivity contribution in [2.75, 3.05) is 52.6 Å². The summed E-state index contributed by atoms with van der Waals surface area (Å²) in [6.45, 7) is 12.5. The van der Waals surface area contributed by atoms with Gasteiger partial charge in [-0.15, -0.1) is 0 Å². The van der Waals surface area contributed by atoms with E-state index >= 15 is 0 Å². The van der Waals surface area contributed by atoms with E-state index in [4.69, 9.17) is 18.9 Å². The van der Waals surface area contributed by atoms with Crippen molar-refractivity contribution < 1.29 is 28.5 Å². The molecule has 1 aromatic rings. The van der Waals surface area contributed by atoms with Crippen molar-refractivity contribution in [3.8, 4) is 5.75 Å². The predicted octanol–water partition coefficient (Wildman–Crippen LogP) is 3.63. The zero-order valence-electron chi connectivity index (χ0n) is 23.2. The molecule has 3 rings (SSSR count). The van der Waals surface area contributed by atoms with Crippen molar-refractivity contribution in [2.24, 2.45) is 0 Å². The standard InChI is InChI=1S/C29H46N2O6/c1-5-12-30(13-6-2)28(32)20-36-26-16-22-10-9-11-25(35-19-23-18-34-23)24(22)17-27(26)37-21-29(33)31(14-7-3)15-8-4/h9-11,23,26-27H,5-8,12-21H2,1-4H3/t23?,26-,27+/m0/s1. The van der Waals surface area contributed by atoms with Crippen molar-refractivity contribution in [3.05, 3.63) is 29.3 Å². The van der Waals surface area contributed by atoms with E-state index in [1.54, 1.807) is 0 Å². The molecule has 1 aliphatic carbocycles.